The van der Waals surface area contributed by atoms with Crippen LogP contribution in [0.2, 0.25) is 6.04 Å². The van der Waals surface area contributed by atoms with Crippen molar-refractivity contribution < 1.29 is 62.8 Å². The number of aliphatic hydroxyl groups is 6. The minimum atomic E-state index is -4.41. The highest BCUT2D eigenvalue weighted by molar-refractivity contribution is 6.60. The van der Waals surface area contributed by atoms with Crippen molar-refractivity contribution in [3.05, 3.63) is 0 Å². The molecule has 0 saturated carbocycles. The maximum atomic E-state index is 13.9. The SMILES string of the molecule is CCCCCCCCCCCCCCCC[N+](C)(CCCCCCCCCCCCCCCC)CCC[Si](OCC(CO)(CO)NC(=O)CCCCCCCCCCC)(OCC(CO)(CO)NC(=O)CCCCCCCCCCC)OCC(CO)(CO)NC(=O)CCCCCCCCCCC. The summed E-state index contributed by atoms with van der Waals surface area (Å²) in [7, 11) is -2.06. The van der Waals surface area contributed by atoms with Crippen LogP contribution in [0.5, 0.6) is 0 Å². The van der Waals surface area contributed by atoms with Crippen molar-refractivity contribution in [1.82, 2.24) is 16.0 Å². The number of unbranched alkanes of at least 4 members (excludes halogenated alkanes) is 50. The third-order valence-corrected chi connectivity index (χ3v) is 24.3. The van der Waals surface area contributed by atoms with Crippen LogP contribution in [0.1, 0.15) is 413 Å². The minimum Gasteiger partial charge on any atom is -0.394 e. The maximum absolute atomic E-state index is 13.9. The number of hydrogen-bond acceptors (Lipinski definition) is 12. The van der Waals surface area contributed by atoms with Crippen molar-refractivity contribution in [3.8, 4) is 0 Å². The number of aliphatic hydroxyl groups excluding tert-OH is 6. The maximum Gasteiger partial charge on any atom is 0.501 e. The van der Waals surface area contributed by atoms with E-state index in [1.54, 1.807) is 0 Å². The first-order valence-electron chi connectivity index (χ1n) is 43.5. The molecule has 0 rings (SSSR count). The normalized spacial score (nSPS) is 12.5. The van der Waals surface area contributed by atoms with E-state index in [1.807, 2.05) is 0 Å². The minimum absolute atomic E-state index is 0.135. The highest BCUT2D eigenvalue weighted by Gasteiger charge is 2.49. The van der Waals surface area contributed by atoms with E-state index in [2.05, 4.69) is 57.6 Å². The summed E-state index contributed by atoms with van der Waals surface area (Å²) in [5, 5.41) is 76.1. The predicted molar refractivity (Wildman–Crippen MR) is 425 cm³/mol. The van der Waals surface area contributed by atoms with E-state index in [0.29, 0.717) is 32.2 Å². The van der Waals surface area contributed by atoms with Gasteiger partial charge in [0.2, 0.25) is 17.7 Å². The van der Waals surface area contributed by atoms with E-state index in [0.717, 1.165) is 101 Å². The standard InChI is InChI=1S/C84H170N4O12Si/c1-7-12-17-22-27-32-34-36-38-40-45-50-55-60-66-88(6,67-61-56-51-46-41-39-37-35-33-28-23-18-13-8-2)68-62-69-101(98-76-82(70-89,71-90)85-79(95)63-57-52-47-42-29-24-19-14-9-3,99-77-83(72-91,73-92)86-80(96)64-58-53-48-43-30-25-20-15-10-4)100-78-84(74-93,75-94)87-81(97)65-59-54-49-44-31-26-21-16-11-5/h89-94H,7-78H2,1-6H3,(H2-,85,86,87,95,96,97)/p+1. The quantitative estimate of drug-likeness (QED) is 0.0157. The van der Waals surface area contributed by atoms with Gasteiger partial charge in [0.15, 0.2) is 0 Å². The van der Waals surface area contributed by atoms with Gasteiger partial charge in [-0.15, -0.1) is 0 Å². The fourth-order valence-electron chi connectivity index (χ4n) is 14.1. The molecular weight excluding hydrogens is 1290 g/mol. The summed E-state index contributed by atoms with van der Waals surface area (Å²) in [4.78, 5) is 41.6. The van der Waals surface area contributed by atoms with E-state index in [-0.39, 0.29) is 43.0 Å². The number of amides is 3. The van der Waals surface area contributed by atoms with E-state index in [4.69, 9.17) is 13.3 Å². The van der Waals surface area contributed by atoms with Crippen LogP contribution >= 0.6 is 0 Å². The lowest BCUT2D eigenvalue weighted by molar-refractivity contribution is -0.910. The Morgan fingerprint density at radius 3 is 0.624 bits per heavy atom. The number of carbonyl (C=O) groups is 3. The Balaban J connectivity index is 7.29. The van der Waals surface area contributed by atoms with E-state index >= 15 is 0 Å². The zero-order valence-electron chi connectivity index (χ0n) is 67.5. The molecule has 0 aromatic heterocycles. The van der Waals surface area contributed by atoms with Gasteiger partial charge in [-0.05, 0) is 44.9 Å². The van der Waals surface area contributed by atoms with Gasteiger partial charge in [0.1, 0.15) is 16.6 Å². The Kier molecular flexibility index (Phi) is 68.7. The van der Waals surface area contributed by atoms with Crippen molar-refractivity contribution in [2.24, 2.45) is 0 Å². The van der Waals surface area contributed by atoms with E-state index < -0.39 is 84.9 Å². The second-order valence-electron chi connectivity index (χ2n) is 31.8. The summed E-state index contributed by atoms with van der Waals surface area (Å²) in [6, 6.07) is 0.135. The topological polar surface area (TPSA) is 236 Å². The molecule has 0 aliphatic rings. The molecule has 101 heavy (non-hydrogen) atoms. The smallest absolute Gasteiger partial charge is 0.394 e. The molecule has 0 atom stereocenters. The predicted octanol–water partition coefficient (Wildman–Crippen LogP) is 19.1. The lowest BCUT2D eigenvalue weighted by atomic mass is 10.0. The van der Waals surface area contributed by atoms with Gasteiger partial charge in [-0.2, -0.15) is 0 Å². The van der Waals surface area contributed by atoms with Crippen molar-refractivity contribution in [3.63, 3.8) is 0 Å². The summed E-state index contributed by atoms with van der Waals surface area (Å²) < 4.78 is 21.8. The largest absolute Gasteiger partial charge is 0.501 e. The van der Waals surface area contributed by atoms with Crippen LogP contribution in [-0.4, -0.2) is 164 Å². The Labute approximate surface area is 624 Å². The molecule has 0 bridgehead atoms. The second kappa shape index (κ2) is 69.9. The van der Waals surface area contributed by atoms with Gasteiger partial charge < -0.3 is 64.4 Å². The highest BCUT2D eigenvalue weighted by Crippen LogP contribution is 2.28. The fraction of sp³-hybridized carbons (Fsp3) is 0.964. The summed E-state index contributed by atoms with van der Waals surface area (Å²) in [6.07, 6.45) is 66.1. The molecule has 17 heteroatoms. The third-order valence-electron chi connectivity index (χ3n) is 21.5. The van der Waals surface area contributed by atoms with Gasteiger partial charge in [0.05, 0.1) is 86.1 Å². The van der Waals surface area contributed by atoms with Crippen LogP contribution in [0.4, 0.5) is 0 Å². The van der Waals surface area contributed by atoms with Gasteiger partial charge >= 0.3 is 8.80 Å². The molecule has 0 fully saturated rings. The van der Waals surface area contributed by atoms with Crippen LogP contribution in [0, 0.1) is 0 Å². The van der Waals surface area contributed by atoms with Crippen molar-refractivity contribution >= 4 is 26.5 Å². The van der Waals surface area contributed by atoms with E-state index in [9.17, 15) is 45.0 Å². The summed E-state index contributed by atoms with van der Waals surface area (Å²) in [6.45, 7) is 8.31. The first-order valence-corrected chi connectivity index (χ1v) is 45.4. The zero-order valence-corrected chi connectivity index (χ0v) is 68.5. The molecule has 0 spiro atoms. The number of rotatable bonds is 82. The van der Waals surface area contributed by atoms with Gasteiger partial charge in [-0.25, -0.2) is 0 Å². The lowest BCUT2D eigenvalue weighted by Crippen LogP contribution is -2.65. The first-order chi connectivity index (χ1) is 49.2. The fourth-order valence-corrected chi connectivity index (χ4v) is 16.9. The molecule has 3 amide bonds. The van der Waals surface area contributed by atoms with Crippen molar-refractivity contribution in [2.75, 3.05) is 86.1 Å². The average molecular weight is 1460 g/mol. The van der Waals surface area contributed by atoms with Gasteiger partial charge in [0, 0.05) is 31.7 Å². The molecule has 0 aromatic rings. The Hall–Kier alpha value is -1.77. The zero-order chi connectivity index (χ0) is 74.4. The monoisotopic (exact) mass is 1460 g/mol. The Morgan fingerprint density at radius 2 is 0.436 bits per heavy atom. The second-order valence-corrected chi connectivity index (χ2v) is 34.5. The molecule has 0 aromatic carbocycles. The average Bonchev–Trinajstić information content (AvgIpc) is 0.813. The van der Waals surface area contributed by atoms with Crippen molar-refractivity contribution in [2.45, 2.75) is 436 Å². The Morgan fingerprint density at radius 1 is 0.267 bits per heavy atom. The van der Waals surface area contributed by atoms with Crippen LogP contribution in [0.15, 0.2) is 0 Å². The van der Waals surface area contributed by atoms with Crippen LogP contribution in [0.25, 0.3) is 0 Å². The Bertz CT molecular complexity index is 1640. The molecule has 16 nitrogen and oxygen atoms in total. The third kappa shape index (κ3) is 56.2. The molecule has 602 valence electrons. The summed E-state index contributed by atoms with van der Waals surface area (Å²) in [5.74, 6) is -1.05. The van der Waals surface area contributed by atoms with E-state index in [1.165, 1.54) is 250 Å². The molecule has 0 saturated heterocycles. The molecular formula is C84H171N4O12Si+. The van der Waals surface area contributed by atoms with Gasteiger partial charge in [0.25, 0.3) is 0 Å². The van der Waals surface area contributed by atoms with Crippen LogP contribution < -0.4 is 16.0 Å². The number of quaternary nitrogens is 1. The number of carbonyl (C=O) groups excluding carboxylic acids is 3. The molecule has 0 aliphatic carbocycles. The van der Waals surface area contributed by atoms with Crippen LogP contribution in [-0.2, 0) is 27.7 Å². The highest BCUT2D eigenvalue weighted by atomic mass is 28.4. The molecule has 0 aliphatic heterocycles. The van der Waals surface area contributed by atoms with Gasteiger partial charge in [-0.1, -0.05) is 343 Å². The number of nitrogens with one attached hydrogen (secondary N) is 3. The summed E-state index contributed by atoms with van der Waals surface area (Å²) >= 11 is 0. The molecule has 0 unspecified atom stereocenters. The van der Waals surface area contributed by atoms with Crippen molar-refractivity contribution in [1.29, 1.82) is 0 Å². The first kappa shape index (κ1) is 99.2. The molecule has 9 N–H and O–H groups in total. The van der Waals surface area contributed by atoms with Crippen LogP contribution in [0.3, 0.4) is 0 Å². The lowest BCUT2D eigenvalue weighted by Gasteiger charge is -2.41. The molecule has 0 radical (unpaired) electrons. The van der Waals surface area contributed by atoms with Gasteiger partial charge in [-0.3, -0.25) is 14.4 Å². The summed E-state index contributed by atoms with van der Waals surface area (Å²) in [5.41, 5.74) is -5.09. The molecule has 0 heterocycles. The number of hydrogen-bond donors (Lipinski definition) is 9. The number of nitrogens with zero attached hydrogens (tertiary/aromatic N) is 1.